The van der Waals surface area contributed by atoms with E-state index in [4.69, 9.17) is 4.74 Å². The summed E-state index contributed by atoms with van der Waals surface area (Å²) in [5.41, 5.74) is 0.779. The Morgan fingerprint density at radius 1 is 1.33 bits per heavy atom. The molecule has 0 aliphatic carbocycles. The number of nitrogens with zero attached hydrogens (tertiary/aromatic N) is 2. The maximum Gasteiger partial charge on any atom is 0.269 e. The zero-order valence-electron chi connectivity index (χ0n) is 14.6. The Balaban J connectivity index is 2.00. The lowest BCUT2D eigenvalue weighted by molar-refractivity contribution is 0.0755. The van der Waals surface area contributed by atoms with Crippen molar-refractivity contribution in [3.05, 3.63) is 29.6 Å². The van der Waals surface area contributed by atoms with Crippen LogP contribution in [0.15, 0.2) is 18.3 Å². The fourth-order valence-corrected chi connectivity index (χ4v) is 2.83. The second-order valence-electron chi connectivity index (χ2n) is 6.07. The molecule has 2 heterocycles. The number of hydrogen-bond donors (Lipinski definition) is 1. The summed E-state index contributed by atoms with van der Waals surface area (Å²) in [5, 5.41) is 2.84. The number of ether oxygens (including phenoxy) is 1. The molecule has 1 aliphatic rings. The van der Waals surface area contributed by atoms with Gasteiger partial charge in [0.05, 0.1) is 6.10 Å². The highest BCUT2D eigenvalue weighted by atomic mass is 16.5. The van der Waals surface area contributed by atoms with Crippen molar-refractivity contribution in [2.45, 2.75) is 45.6 Å². The second-order valence-corrected chi connectivity index (χ2v) is 6.07. The van der Waals surface area contributed by atoms with E-state index in [0.717, 1.165) is 45.4 Å². The molecule has 6 heteroatoms. The van der Waals surface area contributed by atoms with Crippen LogP contribution < -0.4 is 5.32 Å². The minimum absolute atomic E-state index is 0.0470. The number of carbonyl (C=O) groups excluding carboxylic acids is 2. The number of rotatable bonds is 8. The highest BCUT2D eigenvalue weighted by Gasteiger charge is 2.19. The Bertz CT molecular complexity index is 550. The molecular weight excluding hydrogens is 306 g/mol. The van der Waals surface area contributed by atoms with Gasteiger partial charge in [0, 0.05) is 38.0 Å². The molecule has 2 rings (SSSR count). The number of aromatic nitrogens is 1. The van der Waals surface area contributed by atoms with Gasteiger partial charge >= 0.3 is 0 Å². The van der Waals surface area contributed by atoms with Gasteiger partial charge in [0.15, 0.2) is 0 Å². The molecule has 1 N–H and O–H groups in total. The monoisotopic (exact) mass is 333 g/mol. The molecule has 0 spiro atoms. The molecule has 1 saturated heterocycles. The smallest absolute Gasteiger partial charge is 0.269 e. The van der Waals surface area contributed by atoms with E-state index in [9.17, 15) is 9.59 Å². The average molecular weight is 333 g/mol. The molecular formula is C18H27N3O3. The summed E-state index contributed by atoms with van der Waals surface area (Å²) in [5.74, 6) is -0.313. The summed E-state index contributed by atoms with van der Waals surface area (Å²) < 4.78 is 5.49. The molecule has 1 aliphatic heterocycles. The topological polar surface area (TPSA) is 71.5 Å². The number of hydrogen-bond acceptors (Lipinski definition) is 4. The van der Waals surface area contributed by atoms with Gasteiger partial charge in [-0.05, 0) is 37.8 Å². The number of pyridine rings is 1. The molecule has 2 amide bonds. The summed E-state index contributed by atoms with van der Waals surface area (Å²) >= 11 is 0. The van der Waals surface area contributed by atoms with Crippen LogP contribution >= 0.6 is 0 Å². The third-order valence-corrected chi connectivity index (χ3v) is 4.03. The third-order valence-electron chi connectivity index (χ3n) is 4.03. The molecule has 1 unspecified atom stereocenters. The molecule has 24 heavy (non-hydrogen) atoms. The predicted molar refractivity (Wildman–Crippen MR) is 92.0 cm³/mol. The van der Waals surface area contributed by atoms with Gasteiger partial charge in [0.2, 0.25) is 0 Å². The normalized spacial score (nSPS) is 16.8. The van der Waals surface area contributed by atoms with Crippen LogP contribution in [0.2, 0.25) is 0 Å². The summed E-state index contributed by atoms with van der Waals surface area (Å²) in [6, 6.07) is 3.24. The van der Waals surface area contributed by atoms with E-state index in [1.54, 1.807) is 12.1 Å². The van der Waals surface area contributed by atoms with Gasteiger partial charge in [-0.25, -0.2) is 0 Å². The van der Waals surface area contributed by atoms with Crippen molar-refractivity contribution in [1.82, 2.24) is 15.2 Å². The van der Waals surface area contributed by atoms with E-state index in [2.05, 4.69) is 10.3 Å². The second kappa shape index (κ2) is 9.37. The summed E-state index contributed by atoms with van der Waals surface area (Å²) in [7, 11) is 0. The van der Waals surface area contributed by atoms with E-state index in [1.165, 1.54) is 6.20 Å². The first-order chi connectivity index (χ1) is 11.7. The number of carbonyl (C=O) groups is 2. The van der Waals surface area contributed by atoms with Crippen molar-refractivity contribution in [2.75, 3.05) is 26.2 Å². The largest absolute Gasteiger partial charge is 0.376 e. The fourth-order valence-electron chi connectivity index (χ4n) is 2.83. The molecule has 6 nitrogen and oxygen atoms in total. The number of amides is 2. The Labute approximate surface area is 143 Å². The van der Waals surface area contributed by atoms with E-state index in [-0.39, 0.29) is 23.6 Å². The zero-order chi connectivity index (χ0) is 17.4. The average Bonchev–Trinajstić information content (AvgIpc) is 3.12. The van der Waals surface area contributed by atoms with Crippen molar-refractivity contribution in [1.29, 1.82) is 0 Å². The number of nitrogens with one attached hydrogen (secondary N) is 1. The van der Waals surface area contributed by atoms with Crippen LogP contribution in [0.1, 0.15) is 60.4 Å². The molecule has 0 aromatic carbocycles. The minimum atomic E-state index is -0.266. The summed E-state index contributed by atoms with van der Waals surface area (Å²) in [6.07, 6.45) is 5.42. The molecule has 132 valence electrons. The molecule has 0 radical (unpaired) electrons. The van der Waals surface area contributed by atoms with E-state index < -0.39 is 0 Å². The quantitative estimate of drug-likeness (QED) is 0.792. The van der Waals surface area contributed by atoms with Crippen molar-refractivity contribution in [3.8, 4) is 0 Å². The van der Waals surface area contributed by atoms with Gasteiger partial charge in [-0.1, -0.05) is 13.8 Å². The standard InChI is InChI=1S/C18H27N3O3/c1-3-9-21(10-4-2)18(23)14-7-8-19-16(12-14)17(22)20-13-15-6-5-11-24-15/h7-8,12,15H,3-6,9-11,13H2,1-2H3,(H,20,22). The zero-order valence-corrected chi connectivity index (χ0v) is 14.6. The van der Waals surface area contributed by atoms with Crippen LogP contribution in [0.3, 0.4) is 0 Å². The van der Waals surface area contributed by atoms with E-state index >= 15 is 0 Å². The van der Waals surface area contributed by atoms with Crippen molar-refractivity contribution >= 4 is 11.8 Å². The molecule has 1 aromatic heterocycles. The minimum Gasteiger partial charge on any atom is -0.376 e. The fraction of sp³-hybridized carbons (Fsp3) is 0.611. The molecule has 1 aromatic rings. The van der Waals surface area contributed by atoms with Crippen molar-refractivity contribution in [2.24, 2.45) is 0 Å². The Kier molecular flexibility index (Phi) is 7.18. The van der Waals surface area contributed by atoms with Crippen molar-refractivity contribution < 1.29 is 14.3 Å². The third kappa shape index (κ3) is 5.03. The lowest BCUT2D eigenvalue weighted by atomic mass is 10.1. The van der Waals surface area contributed by atoms with Crippen LogP contribution in [0.5, 0.6) is 0 Å². The molecule has 0 saturated carbocycles. The van der Waals surface area contributed by atoms with Gasteiger partial charge in [-0.3, -0.25) is 14.6 Å². The molecule has 1 fully saturated rings. The van der Waals surface area contributed by atoms with Crippen LogP contribution in [0.25, 0.3) is 0 Å². The van der Waals surface area contributed by atoms with Gasteiger partial charge in [0.1, 0.15) is 5.69 Å². The maximum atomic E-state index is 12.6. The summed E-state index contributed by atoms with van der Waals surface area (Å²) in [6.45, 7) is 6.77. The highest BCUT2D eigenvalue weighted by molar-refractivity contribution is 5.98. The van der Waals surface area contributed by atoms with E-state index in [1.807, 2.05) is 18.7 Å². The van der Waals surface area contributed by atoms with Crippen LogP contribution in [-0.2, 0) is 4.74 Å². The van der Waals surface area contributed by atoms with E-state index in [0.29, 0.717) is 12.1 Å². The van der Waals surface area contributed by atoms with Gasteiger partial charge in [0.25, 0.3) is 11.8 Å². The highest BCUT2D eigenvalue weighted by Crippen LogP contribution is 2.11. The maximum absolute atomic E-state index is 12.6. The lowest BCUT2D eigenvalue weighted by Crippen LogP contribution is -2.34. The first kappa shape index (κ1) is 18.4. The molecule has 1 atom stereocenters. The first-order valence-electron chi connectivity index (χ1n) is 8.80. The summed E-state index contributed by atoms with van der Waals surface area (Å²) in [4.78, 5) is 30.8. The van der Waals surface area contributed by atoms with Gasteiger partial charge in [-0.15, -0.1) is 0 Å². The first-order valence-corrected chi connectivity index (χ1v) is 8.80. The van der Waals surface area contributed by atoms with Crippen molar-refractivity contribution in [3.63, 3.8) is 0 Å². The Hall–Kier alpha value is -1.95. The van der Waals surface area contributed by atoms with Crippen LogP contribution in [0, 0.1) is 0 Å². The SMILES string of the molecule is CCCN(CCC)C(=O)c1ccnc(C(=O)NCC2CCCO2)c1. The molecule has 0 bridgehead atoms. The Morgan fingerprint density at radius 2 is 2.08 bits per heavy atom. The van der Waals surface area contributed by atoms with Crippen LogP contribution in [0.4, 0.5) is 0 Å². The lowest BCUT2D eigenvalue weighted by Gasteiger charge is -2.21. The van der Waals surface area contributed by atoms with Gasteiger partial charge < -0.3 is 15.0 Å². The predicted octanol–water partition coefficient (Wildman–Crippen LogP) is 2.25. The Morgan fingerprint density at radius 3 is 2.71 bits per heavy atom. The van der Waals surface area contributed by atoms with Crippen LogP contribution in [-0.4, -0.2) is 54.0 Å². The van der Waals surface area contributed by atoms with Gasteiger partial charge in [-0.2, -0.15) is 0 Å².